The number of aliphatic hydroxyl groups excluding tert-OH is 4. The standard InChI is InChI=1S/C48H80O9/c1-3-5-7-9-11-13-15-16-17-18-19-20-21-22-23-24-25-26-27-28-30-32-34-36-38-54-40-42(41-55-48-47(53)46(52)45(51)43(39-49)57-48)56-44(50)37-35-33-31-29-14-12-10-8-6-4-2/h5,7-8,10-11,13,16-17,19-20,22-23,25-26,42-43,45-49,51-53H,3-4,6,9,12,14-15,18,21,24,27-41H2,1-2H3/b7-5-,10-8-,13-11-,17-16-,20-19-,23-22-,26-25-. The number of esters is 1. The van der Waals surface area contributed by atoms with Gasteiger partial charge >= 0.3 is 5.97 Å². The fourth-order valence-electron chi connectivity index (χ4n) is 6.08. The monoisotopic (exact) mass is 801 g/mol. The van der Waals surface area contributed by atoms with Crippen molar-refractivity contribution >= 4 is 5.97 Å². The molecule has 9 heteroatoms. The van der Waals surface area contributed by atoms with Crippen molar-refractivity contribution in [3.8, 4) is 0 Å². The van der Waals surface area contributed by atoms with Crippen LogP contribution in [0.4, 0.5) is 0 Å². The molecule has 1 rings (SSSR count). The Morgan fingerprint density at radius 2 is 1.07 bits per heavy atom. The summed E-state index contributed by atoms with van der Waals surface area (Å²) in [6.07, 6.45) is 44.8. The molecular weight excluding hydrogens is 721 g/mol. The third kappa shape index (κ3) is 30.1. The van der Waals surface area contributed by atoms with Gasteiger partial charge in [0.05, 0.1) is 19.8 Å². The van der Waals surface area contributed by atoms with Crippen LogP contribution in [-0.4, -0.2) is 89.6 Å². The fraction of sp³-hybridized carbons (Fsp3) is 0.688. The number of ether oxygens (including phenoxy) is 4. The Hall–Kier alpha value is -2.63. The number of hydrogen-bond acceptors (Lipinski definition) is 9. The van der Waals surface area contributed by atoms with E-state index in [2.05, 4.69) is 98.9 Å². The minimum Gasteiger partial charge on any atom is -0.457 e. The predicted molar refractivity (Wildman–Crippen MR) is 233 cm³/mol. The molecule has 6 unspecified atom stereocenters. The Balaban J connectivity index is 2.25. The molecule has 0 saturated carbocycles. The van der Waals surface area contributed by atoms with Gasteiger partial charge in [-0.1, -0.05) is 144 Å². The van der Waals surface area contributed by atoms with Gasteiger partial charge in [-0.2, -0.15) is 0 Å². The van der Waals surface area contributed by atoms with Crippen LogP contribution >= 0.6 is 0 Å². The predicted octanol–water partition coefficient (Wildman–Crippen LogP) is 9.86. The summed E-state index contributed by atoms with van der Waals surface area (Å²) in [6.45, 7) is 4.29. The third-order valence-corrected chi connectivity index (χ3v) is 9.53. The summed E-state index contributed by atoms with van der Waals surface area (Å²) >= 11 is 0. The summed E-state index contributed by atoms with van der Waals surface area (Å²) in [5.41, 5.74) is 0. The van der Waals surface area contributed by atoms with Crippen LogP contribution in [0, 0.1) is 0 Å². The molecule has 4 N–H and O–H groups in total. The topological polar surface area (TPSA) is 135 Å². The highest BCUT2D eigenvalue weighted by molar-refractivity contribution is 5.69. The molecule has 57 heavy (non-hydrogen) atoms. The van der Waals surface area contributed by atoms with Gasteiger partial charge in [0.25, 0.3) is 0 Å². The van der Waals surface area contributed by atoms with E-state index in [-0.39, 0.29) is 19.2 Å². The van der Waals surface area contributed by atoms with E-state index in [4.69, 9.17) is 18.9 Å². The van der Waals surface area contributed by atoms with Crippen molar-refractivity contribution in [3.05, 3.63) is 85.1 Å². The molecule has 6 atom stereocenters. The van der Waals surface area contributed by atoms with E-state index in [9.17, 15) is 25.2 Å². The first-order valence-electron chi connectivity index (χ1n) is 22.2. The van der Waals surface area contributed by atoms with E-state index in [1.807, 2.05) is 0 Å². The minimum absolute atomic E-state index is 0.122. The van der Waals surface area contributed by atoms with Crippen LogP contribution < -0.4 is 0 Å². The van der Waals surface area contributed by atoms with Crippen molar-refractivity contribution < 1.29 is 44.2 Å². The zero-order chi connectivity index (χ0) is 41.4. The highest BCUT2D eigenvalue weighted by atomic mass is 16.7. The van der Waals surface area contributed by atoms with Crippen molar-refractivity contribution in [1.82, 2.24) is 0 Å². The second kappa shape index (κ2) is 38.9. The number of carbonyl (C=O) groups is 1. The van der Waals surface area contributed by atoms with Gasteiger partial charge in [0.15, 0.2) is 6.29 Å². The second-order valence-corrected chi connectivity index (χ2v) is 14.8. The van der Waals surface area contributed by atoms with Gasteiger partial charge in [0.1, 0.15) is 30.5 Å². The number of aliphatic hydroxyl groups is 4. The van der Waals surface area contributed by atoms with Gasteiger partial charge in [-0.05, 0) is 83.5 Å². The Morgan fingerprint density at radius 1 is 0.579 bits per heavy atom. The minimum atomic E-state index is -1.55. The van der Waals surface area contributed by atoms with E-state index in [1.165, 1.54) is 6.42 Å². The van der Waals surface area contributed by atoms with E-state index >= 15 is 0 Å². The summed E-state index contributed by atoms with van der Waals surface area (Å²) in [4.78, 5) is 12.7. The van der Waals surface area contributed by atoms with Gasteiger partial charge in [-0.25, -0.2) is 0 Å². The molecule has 0 spiro atoms. The molecule has 1 heterocycles. The molecule has 0 aromatic heterocycles. The highest BCUT2D eigenvalue weighted by Crippen LogP contribution is 2.22. The van der Waals surface area contributed by atoms with Gasteiger partial charge < -0.3 is 39.4 Å². The molecule has 0 aromatic rings. The summed E-state index contributed by atoms with van der Waals surface area (Å²) in [5.74, 6) is -0.338. The lowest BCUT2D eigenvalue weighted by molar-refractivity contribution is -0.305. The molecule has 1 saturated heterocycles. The first-order valence-corrected chi connectivity index (χ1v) is 22.2. The zero-order valence-electron chi connectivity index (χ0n) is 35.6. The first kappa shape index (κ1) is 52.4. The Labute approximate surface area is 346 Å². The average Bonchev–Trinajstić information content (AvgIpc) is 3.21. The van der Waals surface area contributed by atoms with Gasteiger partial charge in [-0.15, -0.1) is 0 Å². The van der Waals surface area contributed by atoms with Crippen molar-refractivity contribution in [2.75, 3.05) is 26.4 Å². The zero-order valence-corrected chi connectivity index (χ0v) is 35.6. The molecule has 9 nitrogen and oxygen atoms in total. The summed E-state index contributed by atoms with van der Waals surface area (Å²) < 4.78 is 22.7. The fourth-order valence-corrected chi connectivity index (χ4v) is 6.08. The summed E-state index contributed by atoms with van der Waals surface area (Å²) in [5, 5.41) is 40.0. The average molecular weight is 801 g/mol. The summed E-state index contributed by atoms with van der Waals surface area (Å²) in [6, 6.07) is 0. The second-order valence-electron chi connectivity index (χ2n) is 14.8. The van der Waals surface area contributed by atoms with Crippen molar-refractivity contribution in [2.24, 2.45) is 0 Å². The maximum absolute atomic E-state index is 12.7. The maximum atomic E-state index is 12.7. The molecule has 0 bridgehead atoms. The van der Waals surface area contributed by atoms with Crippen LogP contribution in [0.25, 0.3) is 0 Å². The third-order valence-electron chi connectivity index (χ3n) is 9.53. The van der Waals surface area contributed by atoms with Gasteiger partial charge in [0.2, 0.25) is 0 Å². The largest absolute Gasteiger partial charge is 0.457 e. The van der Waals surface area contributed by atoms with Crippen molar-refractivity contribution in [3.63, 3.8) is 0 Å². The van der Waals surface area contributed by atoms with Crippen LogP contribution in [0.15, 0.2) is 85.1 Å². The lowest BCUT2D eigenvalue weighted by atomic mass is 9.99. The molecule has 0 aromatic carbocycles. The molecule has 0 amide bonds. The molecule has 1 aliphatic rings. The number of allylic oxidation sites excluding steroid dienone is 14. The van der Waals surface area contributed by atoms with Crippen LogP contribution in [-0.2, 0) is 23.7 Å². The number of hydrogen-bond donors (Lipinski definition) is 4. The number of rotatable bonds is 36. The Morgan fingerprint density at radius 3 is 1.63 bits per heavy atom. The van der Waals surface area contributed by atoms with Crippen LogP contribution in [0.1, 0.15) is 149 Å². The van der Waals surface area contributed by atoms with Crippen LogP contribution in [0.3, 0.4) is 0 Å². The quantitative estimate of drug-likeness (QED) is 0.0278. The number of carbonyl (C=O) groups excluding carboxylic acids is 1. The highest BCUT2D eigenvalue weighted by Gasteiger charge is 2.44. The smallest absolute Gasteiger partial charge is 0.306 e. The maximum Gasteiger partial charge on any atom is 0.306 e. The SMILES string of the molecule is CC/C=C\C/C=C\C/C=C\C/C=C\C/C=C\C/C=C\CCCCCCCOCC(COC1OC(CO)C(O)C(O)C1O)OC(=O)CCCCCCC/C=C\CCC. The summed E-state index contributed by atoms with van der Waals surface area (Å²) in [7, 11) is 0. The molecule has 326 valence electrons. The van der Waals surface area contributed by atoms with E-state index in [0.29, 0.717) is 13.0 Å². The molecule has 0 aliphatic carbocycles. The molecule has 1 fully saturated rings. The van der Waals surface area contributed by atoms with Crippen LogP contribution in [0.5, 0.6) is 0 Å². The number of unbranched alkanes of at least 4 members (excludes halogenated alkanes) is 11. The lowest BCUT2D eigenvalue weighted by Crippen LogP contribution is -2.59. The van der Waals surface area contributed by atoms with Crippen molar-refractivity contribution in [2.45, 2.75) is 185 Å². The van der Waals surface area contributed by atoms with Gasteiger partial charge in [0, 0.05) is 13.0 Å². The Kier molecular flexibility index (Phi) is 35.7. The van der Waals surface area contributed by atoms with E-state index < -0.39 is 43.4 Å². The van der Waals surface area contributed by atoms with Crippen LogP contribution in [0.2, 0.25) is 0 Å². The molecule has 1 aliphatic heterocycles. The molecular formula is C48H80O9. The van der Waals surface area contributed by atoms with E-state index in [0.717, 1.165) is 122 Å². The van der Waals surface area contributed by atoms with E-state index in [1.54, 1.807) is 0 Å². The van der Waals surface area contributed by atoms with Gasteiger partial charge in [-0.3, -0.25) is 4.79 Å². The van der Waals surface area contributed by atoms with Crippen molar-refractivity contribution in [1.29, 1.82) is 0 Å². The Bertz CT molecular complexity index is 1140. The normalized spacial score (nSPS) is 21.3. The first-order chi connectivity index (χ1) is 27.9. The lowest BCUT2D eigenvalue weighted by Gasteiger charge is -2.39. The molecule has 0 radical (unpaired) electrons.